The molecule has 0 atom stereocenters. The lowest BCUT2D eigenvalue weighted by Crippen LogP contribution is -2.83. The Morgan fingerprint density at radius 1 is 1.47 bits per heavy atom. The van der Waals surface area contributed by atoms with Crippen molar-refractivity contribution in [2.75, 3.05) is 19.3 Å². The van der Waals surface area contributed by atoms with Crippen molar-refractivity contribution in [3.63, 3.8) is 0 Å². The second-order valence-corrected chi connectivity index (χ2v) is 6.24. The first kappa shape index (κ1) is 14.6. The summed E-state index contributed by atoms with van der Waals surface area (Å²) in [5.74, 6) is -0.260. The summed E-state index contributed by atoms with van der Waals surface area (Å²) in [5, 5.41) is 1.82. The van der Waals surface area contributed by atoms with Gasteiger partial charge in [-0.2, -0.15) is 0 Å². The predicted octanol–water partition coefficient (Wildman–Crippen LogP) is 0.985. The molecule has 96 valence electrons. The van der Waals surface area contributed by atoms with Gasteiger partial charge in [-0.05, 0) is 18.2 Å². The Hall–Kier alpha value is -0.500. The van der Waals surface area contributed by atoms with E-state index in [0.717, 1.165) is 10.7 Å². The molecule has 0 spiro atoms. The first-order valence-corrected chi connectivity index (χ1v) is 7.67. The maximum Gasteiger partial charge on any atom is 0.132 e. The number of nitrogens with two attached hydrogens (primary N) is 1. The number of rotatable bonds is 6. The predicted molar refractivity (Wildman–Crippen MR) is 67.7 cm³/mol. The van der Waals surface area contributed by atoms with Crippen molar-refractivity contribution < 1.29 is 18.1 Å². The maximum absolute atomic E-state index is 13.3. The Morgan fingerprint density at radius 2 is 2.18 bits per heavy atom. The molecule has 0 saturated carbocycles. The van der Waals surface area contributed by atoms with E-state index in [1.165, 1.54) is 6.07 Å². The fourth-order valence-corrected chi connectivity index (χ4v) is 2.11. The molecule has 0 radical (unpaired) electrons. The van der Waals surface area contributed by atoms with Crippen molar-refractivity contribution in [3.8, 4) is 0 Å². The molecule has 0 bridgehead atoms. The van der Waals surface area contributed by atoms with Crippen molar-refractivity contribution in [1.82, 2.24) is 0 Å². The summed E-state index contributed by atoms with van der Waals surface area (Å²) in [6.45, 7) is 1.19. The Balaban J connectivity index is 2.34. The zero-order valence-electron chi connectivity index (χ0n) is 9.36. The second-order valence-electron chi connectivity index (χ2n) is 3.60. The third-order valence-electron chi connectivity index (χ3n) is 2.03. The number of hydrogen-bond acceptors (Lipinski definition) is 2. The van der Waals surface area contributed by atoms with Crippen LogP contribution in [0, 0.1) is 5.82 Å². The van der Waals surface area contributed by atoms with Gasteiger partial charge in [-0.25, -0.2) is 12.8 Å². The maximum atomic E-state index is 13.3. The van der Waals surface area contributed by atoms with E-state index in [-0.39, 0.29) is 12.4 Å². The molecule has 0 fully saturated rings. The minimum atomic E-state index is -3.26. The van der Waals surface area contributed by atoms with Crippen LogP contribution in [0.2, 0.25) is 0 Å². The molecule has 0 saturated heterocycles. The van der Waals surface area contributed by atoms with Crippen LogP contribution in [-0.4, -0.2) is 27.8 Å². The monoisotopic (exact) mass is 324 g/mol. The van der Waals surface area contributed by atoms with Gasteiger partial charge in [0.2, 0.25) is 0 Å². The van der Waals surface area contributed by atoms with Gasteiger partial charge in [0.25, 0.3) is 0 Å². The molecule has 4 nitrogen and oxygen atoms in total. The Kier molecular flexibility index (Phi) is 5.51. The number of benzene rings is 1. The standard InChI is InChI=1S/C10H13BrFN2O2S/c1-17(15,16)14-5-4-13-7-8-6-9(11)2-3-10(8)12/h2-3,6,13H,4-5,7H2,1H3/q-1/p+1. The Labute approximate surface area is 109 Å². The second kappa shape index (κ2) is 6.44. The topological polar surface area (TPSA) is 64.8 Å². The lowest BCUT2D eigenvalue weighted by molar-refractivity contribution is -0.667. The number of halogens is 2. The van der Waals surface area contributed by atoms with E-state index in [4.69, 9.17) is 0 Å². The molecule has 0 aliphatic heterocycles. The summed E-state index contributed by atoms with van der Waals surface area (Å²) in [6.07, 6.45) is 1.06. The fraction of sp³-hybridized carbons (Fsp3) is 0.400. The van der Waals surface area contributed by atoms with Gasteiger partial charge in [0, 0.05) is 16.3 Å². The molecule has 0 aliphatic rings. The number of quaternary nitrogens is 1. The van der Waals surface area contributed by atoms with Gasteiger partial charge in [0.15, 0.2) is 0 Å². The highest BCUT2D eigenvalue weighted by atomic mass is 79.9. The molecule has 7 heteroatoms. The molecule has 1 rings (SSSR count). The van der Waals surface area contributed by atoms with Gasteiger partial charge in [0.1, 0.15) is 12.4 Å². The third kappa shape index (κ3) is 6.11. The highest BCUT2D eigenvalue weighted by molar-refractivity contribution is 9.10. The molecule has 1 aromatic carbocycles. The van der Waals surface area contributed by atoms with Crippen molar-refractivity contribution in [2.45, 2.75) is 6.54 Å². The smallest absolute Gasteiger partial charge is 0.132 e. The van der Waals surface area contributed by atoms with Crippen molar-refractivity contribution in [2.24, 2.45) is 0 Å². The minimum Gasteiger partial charge on any atom is -0.545 e. The number of nitrogens with zero attached hydrogens (tertiary/aromatic N) is 1. The molecule has 0 unspecified atom stereocenters. The van der Waals surface area contributed by atoms with Crippen molar-refractivity contribution in [3.05, 3.63) is 38.8 Å². The van der Waals surface area contributed by atoms with Gasteiger partial charge in [-0.15, -0.1) is 0 Å². The minimum absolute atomic E-state index is 0.217. The molecule has 0 aliphatic carbocycles. The highest BCUT2D eigenvalue weighted by Gasteiger charge is 2.03. The largest absolute Gasteiger partial charge is 0.545 e. The van der Waals surface area contributed by atoms with Crippen molar-refractivity contribution in [1.29, 1.82) is 0 Å². The van der Waals surface area contributed by atoms with Crippen LogP contribution in [-0.2, 0) is 16.6 Å². The third-order valence-corrected chi connectivity index (χ3v) is 3.18. The van der Waals surface area contributed by atoms with E-state index in [9.17, 15) is 12.8 Å². The lowest BCUT2D eigenvalue weighted by Gasteiger charge is -2.14. The van der Waals surface area contributed by atoms with Crippen LogP contribution in [0.3, 0.4) is 0 Å². The van der Waals surface area contributed by atoms with Gasteiger partial charge in [-0.3, -0.25) is 0 Å². The van der Waals surface area contributed by atoms with Crippen LogP contribution in [0.5, 0.6) is 0 Å². The van der Waals surface area contributed by atoms with E-state index in [0.29, 0.717) is 18.7 Å². The van der Waals surface area contributed by atoms with Crippen LogP contribution in [0.25, 0.3) is 4.72 Å². The number of hydrogen-bond donors (Lipinski definition) is 1. The van der Waals surface area contributed by atoms with Crippen LogP contribution >= 0.6 is 15.9 Å². The average Bonchev–Trinajstić information content (AvgIpc) is 2.21. The summed E-state index contributed by atoms with van der Waals surface area (Å²) in [5.41, 5.74) is 0.582. The summed E-state index contributed by atoms with van der Waals surface area (Å²) in [6, 6.07) is 4.74. The van der Waals surface area contributed by atoms with Crippen LogP contribution < -0.4 is 5.32 Å². The highest BCUT2D eigenvalue weighted by Crippen LogP contribution is 2.14. The van der Waals surface area contributed by atoms with Gasteiger partial charge in [0.05, 0.1) is 16.6 Å². The molecule has 0 aromatic heterocycles. The van der Waals surface area contributed by atoms with Crippen LogP contribution in [0.4, 0.5) is 4.39 Å². The van der Waals surface area contributed by atoms with E-state index in [1.807, 2.05) is 5.32 Å². The summed E-state index contributed by atoms with van der Waals surface area (Å²) < 4.78 is 39.0. The molecular formula is C10H14BrFN2O2S. The first-order chi connectivity index (χ1) is 7.88. The van der Waals surface area contributed by atoms with E-state index < -0.39 is 10.0 Å². The Bertz CT molecular complexity index is 479. The van der Waals surface area contributed by atoms with Crippen LogP contribution in [0.1, 0.15) is 5.56 Å². The average molecular weight is 325 g/mol. The SMILES string of the molecule is CS(=O)(=O)[N-]CC[NH2+]Cc1cc(Br)ccc1F. The van der Waals surface area contributed by atoms with Crippen molar-refractivity contribution >= 4 is 26.0 Å². The quantitative estimate of drug-likeness (QED) is 0.793. The van der Waals surface area contributed by atoms with Crippen LogP contribution in [0.15, 0.2) is 22.7 Å². The summed E-state index contributed by atoms with van der Waals surface area (Å²) in [7, 11) is -3.26. The molecular weight excluding hydrogens is 311 g/mol. The van der Waals surface area contributed by atoms with Gasteiger partial charge in [-0.1, -0.05) is 22.5 Å². The fourth-order valence-electron chi connectivity index (χ4n) is 1.27. The van der Waals surface area contributed by atoms with E-state index >= 15 is 0 Å². The Morgan fingerprint density at radius 3 is 2.82 bits per heavy atom. The molecule has 1 aromatic rings. The summed E-state index contributed by atoms with van der Waals surface area (Å²) >= 11 is 3.27. The first-order valence-electron chi connectivity index (χ1n) is 5.03. The molecule has 2 N–H and O–H groups in total. The lowest BCUT2D eigenvalue weighted by atomic mass is 10.2. The van der Waals surface area contributed by atoms with Gasteiger partial charge >= 0.3 is 0 Å². The normalized spacial score (nSPS) is 11.7. The number of sulfonamides is 1. The molecule has 17 heavy (non-hydrogen) atoms. The zero-order chi connectivity index (χ0) is 12.9. The molecule has 0 amide bonds. The zero-order valence-corrected chi connectivity index (χ0v) is 11.8. The van der Waals surface area contributed by atoms with E-state index in [2.05, 4.69) is 20.7 Å². The molecule has 0 heterocycles. The van der Waals surface area contributed by atoms with Gasteiger partial charge < -0.3 is 10.0 Å². The summed E-state index contributed by atoms with van der Waals surface area (Å²) in [4.78, 5) is 0. The van der Waals surface area contributed by atoms with E-state index in [1.54, 1.807) is 12.1 Å².